The molecular formula is C26H31N3O3. The van der Waals surface area contributed by atoms with Gasteiger partial charge >= 0.3 is 0 Å². The normalized spacial score (nSPS) is 22.1. The summed E-state index contributed by atoms with van der Waals surface area (Å²) in [6.45, 7) is 6.35. The molecule has 5 rings (SSSR count). The summed E-state index contributed by atoms with van der Waals surface area (Å²) in [5, 5.41) is 3.31. The summed E-state index contributed by atoms with van der Waals surface area (Å²) >= 11 is 0. The van der Waals surface area contributed by atoms with Gasteiger partial charge in [-0.05, 0) is 56.9 Å². The van der Waals surface area contributed by atoms with Gasteiger partial charge in [0, 0.05) is 23.9 Å². The average molecular weight is 434 g/mol. The SMILES string of the molecule is Cc1ccc(N2C(=O)c3cc4occc4n3CC2(C)C(=O)NC2CCCCCC2)cc1C. The van der Waals surface area contributed by atoms with E-state index in [4.69, 9.17) is 4.42 Å². The lowest BCUT2D eigenvalue weighted by molar-refractivity contribution is -0.127. The number of rotatable bonds is 3. The van der Waals surface area contributed by atoms with E-state index < -0.39 is 5.54 Å². The Morgan fingerprint density at radius 2 is 1.81 bits per heavy atom. The second kappa shape index (κ2) is 7.84. The van der Waals surface area contributed by atoms with Crippen LogP contribution in [0.15, 0.2) is 41.0 Å². The molecule has 1 atom stereocenters. The van der Waals surface area contributed by atoms with Gasteiger partial charge in [-0.25, -0.2) is 0 Å². The van der Waals surface area contributed by atoms with Crippen LogP contribution in [0.5, 0.6) is 0 Å². The number of aryl methyl sites for hydroxylation is 2. The molecule has 0 spiro atoms. The fourth-order valence-electron chi connectivity index (χ4n) is 5.25. The molecule has 1 saturated carbocycles. The number of anilines is 1. The number of carbonyl (C=O) groups excluding carboxylic acids is 2. The predicted octanol–water partition coefficient (Wildman–Crippen LogP) is 5.11. The van der Waals surface area contributed by atoms with Crippen molar-refractivity contribution in [2.24, 2.45) is 0 Å². The molecule has 32 heavy (non-hydrogen) atoms. The molecule has 1 aliphatic heterocycles. The maximum Gasteiger partial charge on any atom is 0.276 e. The molecule has 3 heterocycles. The maximum atomic E-state index is 13.8. The van der Waals surface area contributed by atoms with Crippen LogP contribution < -0.4 is 10.2 Å². The summed E-state index contributed by atoms with van der Waals surface area (Å²) in [6.07, 6.45) is 8.35. The summed E-state index contributed by atoms with van der Waals surface area (Å²) in [5.74, 6) is -0.267. The number of benzene rings is 1. The van der Waals surface area contributed by atoms with E-state index in [1.165, 1.54) is 12.8 Å². The van der Waals surface area contributed by atoms with E-state index in [9.17, 15) is 9.59 Å². The quantitative estimate of drug-likeness (QED) is 0.584. The molecule has 2 amide bonds. The van der Waals surface area contributed by atoms with E-state index in [1.807, 2.05) is 42.7 Å². The highest BCUT2D eigenvalue weighted by Crippen LogP contribution is 2.37. The number of hydrogen-bond acceptors (Lipinski definition) is 3. The van der Waals surface area contributed by atoms with Gasteiger partial charge in [0.15, 0.2) is 5.58 Å². The van der Waals surface area contributed by atoms with Crippen molar-refractivity contribution in [3.8, 4) is 0 Å². The zero-order valence-electron chi connectivity index (χ0n) is 19.1. The number of carbonyl (C=O) groups is 2. The monoisotopic (exact) mass is 433 g/mol. The first-order valence-electron chi connectivity index (χ1n) is 11.7. The smallest absolute Gasteiger partial charge is 0.276 e. The Labute approximate surface area is 188 Å². The number of amides is 2. The first-order valence-corrected chi connectivity index (χ1v) is 11.7. The van der Waals surface area contributed by atoms with Crippen LogP contribution in [0.2, 0.25) is 0 Å². The first-order chi connectivity index (χ1) is 15.4. The van der Waals surface area contributed by atoms with Crippen LogP contribution in [-0.2, 0) is 11.3 Å². The van der Waals surface area contributed by atoms with Crippen LogP contribution in [0.25, 0.3) is 11.1 Å². The fourth-order valence-corrected chi connectivity index (χ4v) is 5.25. The van der Waals surface area contributed by atoms with Crippen LogP contribution in [0.3, 0.4) is 0 Å². The van der Waals surface area contributed by atoms with Gasteiger partial charge in [-0.2, -0.15) is 0 Å². The van der Waals surface area contributed by atoms with E-state index in [2.05, 4.69) is 12.2 Å². The molecule has 1 aliphatic carbocycles. The number of hydrogen-bond donors (Lipinski definition) is 1. The number of furan rings is 1. The Bertz CT molecular complexity index is 1180. The Morgan fingerprint density at radius 1 is 1.06 bits per heavy atom. The third-order valence-corrected chi connectivity index (χ3v) is 7.33. The third kappa shape index (κ3) is 3.33. The van der Waals surface area contributed by atoms with Crippen molar-refractivity contribution >= 4 is 28.6 Å². The molecule has 3 aromatic rings. The summed E-state index contributed by atoms with van der Waals surface area (Å²) in [7, 11) is 0. The third-order valence-electron chi connectivity index (χ3n) is 7.33. The van der Waals surface area contributed by atoms with Gasteiger partial charge in [0.2, 0.25) is 5.91 Å². The van der Waals surface area contributed by atoms with Gasteiger partial charge in [0.25, 0.3) is 5.91 Å². The molecule has 0 bridgehead atoms. The van der Waals surface area contributed by atoms with Crippen molar-refractivity contribution in [3.63, 3.8) is 0 Å². The highest BCUT2D eigenvalue weighted by atomic mass is 16.3. The first kappa shape index (κ1) is 20.9. The van der Waals surface area contributed by atoms with E-state index in [0.717, 1.165) is 48.0 Å². The van der Waals surface area contributed by atoms with E-state index in [0.29, 0.717) is 17.8 Å². The number of nitrogens with zero attached hydrogens (tertiary/aromatic N) is 2. The van der Waals surface area contributed by atoms with Gasteiger partial charge in [-0.3, -0.25) is 14.5 Å². The lowest BCUT2D eigenvalue weighted by Gasteiger charge is -2.44. The topological polar surface area (TPSA) is 67.5 Å². The van der Waals surface area contributed by atoms with Gasteiger partial charge in [0.05, 0.1) is 18.3 Å². The molecule has 1 fully saturated rings. The molecule has 0 radical (unpaired) electrons. The molecule has 1 unspecified atom stereocenters. The minimum absolute atomic E-state index is 0.0908. The van der Waals surface area contributed by atoms with Gasteiger partial charge in [-0.1, -0.05) is 31.7 Å². The molecule has 6 heteroatoms. The Morgan fingerprint density at radius 3 is 2.53 bits per heavy atom. The second-order valence-corrected chi connectivity index (χ2v) is 9.63. The molecular weight excluding hydrogens is 402 g/mol. The zero-order valence-corrected chi connectivity index (χ0v) is 19.1. The highest BCUT2D eigenvalue weighted by Gasteiger charge is 2.49. The molecule has 168 valence electrons. The van der Waals surface area contributed by atoms with E-state index in [1.54, 1.807) is 17.2 Å². The minimum Gasteiger partial charge on any atom is -0.463 e. The van der Waals surface area contributed by atoms with Crippen LogP contribution in [0.4, 0.5) is 5.69 Å². The molecule has 2 aliphatic rings. The van der Waals surface area contributed by atoms with Gasteiger partial charge in [-0.15, -0.1) is 0 Å². The predicted molar refractivity (Wildman–Crippen MR) is 125 cm³/mol. The second-order valence-electron chi connectivity index (χ2n) is 9.63. The fraction of sp³-hybridized carbons (Fsp3) is 0.462. The van der Waals surface area contributed by atoms with Crippen molar-refractivity contribution in [2.75, 3.05) is 4.90 Å². The summed E-state index contributed by atoms with van der Waals surface area (Å²) in [6, 6.07) is 9.78. The Kier molecular flexibility index (Phi) is 5.11. The van der Waals surface area contributed by atoms with Crippen molar-refractivity contribution in [1.82, 2.24) is 9.88 Å². The summed E-state index contributed by atoms with van der Waals surface area (Å²) in [5.41, 5.74) is 4.02. The van der Waals surface area contributed by atoms with Crippen molar-refractivity contribution in [3.05, 3.63) is 53.4 Å². The number of aromatic nitrogens is 1. The van der Waals surface area contributed by atoms with Crippen molar-refractivity contribution < 1.29 is 14.0 Å². The molecule has 1 N–H and O–H groups in total. The van der Waals surface area contributed by atoms with Crippen molar-refractivity contribution in [2.45, 2.75) is 77.4 Å². The number of nitrogens with one attached hydrogen (secondary N) is 1. The van der Waals surface area contributed by atoms with Gasteiger partial charge in [0.1, 0.15) is 11.2 Å². The van der Waals surface area contributed by atoms with Crippen LogP contribution >= 0.6 is 0 Å². The van der Waals surface area contributed by atoms with Crippen LogP contribution in [0.1, 0.15) is 67.1 Å². The highest BCUT2D eigenvalue weighted by molar-refractivity contribution is 6.13. The summed E-state index contributed by atoms with van der Waals surface area (Å²) in [4.78, 5) is 29.4. The van der Waals surface area contributed by atoms with Crippen LogP contribution in [0, 0.1) is 13.8 Å². The number of fused-ring (bicyclic) bond motifs is 3. The zero-order chi connectivity index (χ0) is 22.5. The largest absolute Gasteiger partial charge is 0.463 e. The van der Waals surface area contributed by atoms with Crippen LogP contribution in [-0.4, -0.2) is 28.0 Å². The molecule has 0 saturated heterocycles. The van der Waals surface area contributed by atoms with E-state index in [-0.39, 0.29) is 17.9 Å². The minimum atomic E-state index is -1.05. The average Bonchev–Trinajstić information content (AvgIpc) is 3.25. The summed E-state index contributed by atoms with van der Waals surface area (Å²) < 4.78 is 7.50. The van der Waals surface area contributed by atoms with Gasteiger partial charge < -0.3 is 14.3 Å². The molecule has 2 aromatic heterocycles. The molecule has 1 aromatic carbocycles. The van der Waals surface area contributed by atoms with Crippen molar-refractivity contribution in [1.29, 1.82) is 0 Å². The Balaban J connectivity index is 1.59. The standard InChI is InChI=1S/C26H31N3O3/c1-17-10-11-20(14-18(17)2)29-24(30)22-15-23-21(12-13-32-23)28(22)16-26(29,3)25(31)27-19-8-6-4-5-7-9-19/h10-15,19H,4-9,16H2,1-3H3,(H,27,31). The van der Waals surface area contributed by atoms with E-state index >= 15 is 0 Å². The lowest BCUT2D eigenvalue weighted by atomic mass is 9.92. The molecule has 6 nitrogen and oxygen atoms in total. The maximum absolute atomic E-state index is 13.8. The lowest BCUT2D eigenvalue weighted by Crippen LogP contribution is -2.65. The Hall–Kier alpha value is -3.02.